The molecule has 2 fully saturated rings. The first-order chi connectivity index (χ1) is 8.31. The van der Waals surface area contributed by atoms with E-state index in [-0.39, 0.29) is 35.7 Å². The Balaban J connectivity index is 0.00000180. The van der Waals surface area contributed by atoms with Gasteiger partial charge in [-0.1, -0.05) is 13.8 Å². The molecule has 0 aromatic carbocycles. The highest BCUT2D eigenvalue weighted by Crippen LogP contribution is 2.30. The molecule has 7 heteroatoms. The minimum atomic E-state index is -3.21. The maximum atomic E-state index is 12.3. The fourth-order valence-corrected chi connectivity index (χ4v) is 4.53. The van der Waals surface area contributed by atoms with Crippen LogP contribution in [0.5, 0.6) is 0 Å². The van der Waals surface area contributed by atoms with Gasteiger partial charge in [0.25, 0.3) is 0 Å². The van der Waals surface area contributed by atoms with Crippen LogP contribution in [-0.2, 0) is 14.8 Å². The quantitative estimate of drug-likeness (QED) is 0.843. The molecule has 0 spiro atoms. The standard InChI is InChI=1S/C12H24N2O3S.ClH/c1-12(2)9-14(6-5-11(12)13)18(15,16)8-10-4-3-7-17-10;/h10-11H,3-9,13H2,1-2H3;1H. The molecule has 0 amide bonds. The Kier molecular flexibility index (Phi) is 5.66. The summed E-state index contributed by atoms with van der Waals surface area (Å²) in [5, 5.41) is 0. The van der Waals surface area contributed by atoms with E-state index in [2.05, 4.69) is 0 Å². The Morgan fingerprint density at radius 3 is 2.58 bits per heavy atom. The molecule has 2 atom stereocenters. The van der Waals surface area contributed by atoms with Crippen LogP contribution in [0.2, 0.25) is 0 Å². The lowest BCUT2D eigenvalue weighted by Crippen LogP contribution is -2.54. The van der Waals surface area contributed by atoms with Crippen LogP contribution in [0.25, 0.3) is 0 Å². The molecule has 2 aliphatic heterocycles. The van der Waals surface area contributed by atoms with Crippen molar-refractivity contribution < 1.29 is 13.2 Å². The van der Waals surface area contributed by atoms with Gasteiger partial charge in [-0.15, -0.1) is 12.4 Å². The average molecular weight is 313 g/mol. The van der Waals surface area contributed by atoms with Gasteiger partial charge < -0.3 is 10.5 Å². The first kappa shape index (κ1) is 17.2. The minimum Gasteiger partial charge on any atom is -0.377 e. The molecule has 0 aromatic heterocycles. The average Bonchev–Trinajstić information content (AvgIpc) is 2.73. The van der Waals surface area contributed by atoms with Gasteiger partial charge in [0.15, 0.2) is 0 Å². The number of ether oxygens (including phenoxy) is 1. The van der Waals surface area contributed by atoms with E-state index >= 15 is 0 Å². The summed E-state index contributed by atoms with van der Waals surface area (Å²) in [6.45, 7) is 5.82. The smallest absolute Gasteiger partial charge is 0.216 e. The van der Waals surface area contributed by atoms with E-state index < -0.39 is 10.0 Å². The second-order valence-electron chi connectivity index (χ2n) is 6.13. The van der Waals surface area contributed by atoms with Crippen molar-refractivity contribution in [2.45, 2.75) is 45.3 Å². The van der Waals surface area contributed by atoms with Crippen LogP contribution >= 0.6 is 12.4 Å². The molecular weight excluding hydrogens is 288 g/mol. The van der Waals surface area contributed by atoms with Gasteiger partial charge in [-0.25, -0.2) is 12.7 Å². The number of rotatable bonds is 3. The zero-order valence-electron chi connectivity index (χ0n) is 11.7. The van der Waals surface area contributed by atoms with Crippen LogP contribution in [0.3, 0.4) is 0 Å². The van der Waals surface area contributed by atoms with Crippen molar-refractivity contribution in [3.05, 3.63) is 0 Å². The highest BCUT2D eigenvalue weighted by molar-refractivity contribution is 7.89. The Labute approximate surface area is 122 Å². The highest BCUT2D eigenvalue weighted by Gasteiger charge is 2.39. The van der Waals surface area contributed by atoms with Gasteiger partial charge in [0.05, 0.1) is 11.9 Å². The fourth-order valence-electron chi connectivity index (χ4n) is 2.68. The summed E-state index contributed by atoms with van der Waals surface area (Å²) >= 11 is 0. The number of halogens is 1. The van der Waals surface area contributed by atoms with Gasteiger partial charge in [-0.05, 0) is 24.7 Å². The maximum absolute atomic E-state index is 12.3. The number of sulfonamides is 1. The highest BCUT2D eigenvalue weighted by atomic mass is 35.5. The van der Waals surface area contributed by atoms with Gasteiger partial charge in [-0.3, -0.25) is 0 Å². The van der Waals surface area contributed by atoms with Crippen molar-refractivity contribution in [3.63, 3.8) is 0 Å². The third-order valence-electron chi connectivity index (χ3n) is 4.09. The molecule has 2 N–H and O–H groups in total. The fraction of sp³-hybridized carbons (Fsp3) is 1.00. The van der Waals surface area contributed by atoms with E-state index in [4.69, 9.17) is 10.5 Å². The van der Waals surface area contributed by atoms with Crippen LogP contribution in [0, 0.1) is 5.41 Å². The number of nitrogens with two attached hydrogens (primary N) is 1. The normalized spacial score (nSPS) is 31.9. The summed E-state index contributed by atoms with van der Waals surface area (Å²) in [5.41, 5.74) is 5.88. The maximum Gasteiger partial charge on any atom is 0.216 e. The van der Waals surface area contributed by atoms with Gasteiger partial charge in [0, 0.05) is 25.7 Å². The van der Waals surface area contributed by atoms with Crippen LogP contribution < -0.4 is 5.73 Å². The molecule has 2 unspecified atom stereocenters. The topological polar surface area (TPSA) is 72.6 Å². The molecule has 0 bridgehead atoms. The number of hydrogen-bond acceptors (Lipinski definition) is 4. The zero-order valence-corrected chi connectivity index (χ0v) is 13.3. The number of hydrogen-bond donors (Lipinski definition) is 1. The van der Waals surface area contributed by atoms with E-state index in [1.807, 2.05) is 13.8 Å². The molecular formula is C12H25ClN2O3S. The monoisotopic (exact) mass is 312 g/mol. The Bertz CT molecular complexity index is 394. The first-order valence-electron chi connectivity index (χ1n) is 6.66. The predicted octanol–water partition coefficient (Wildman–Crippen LogP) is 0.976. The summed E-state index contributed by atoms with van der Waals surface area (Å²) in [6, 6.07) is 0.0756. The minimum absolute atomic E-state index is 0. The molecule has 0 aromatic rings. The summed E-state index contributed by atoms with van der Waals surface area (Å²) in [4.78, 5) is 0. The Morgan fingerprint density at radius 1 is 1.37 bits per heavy atom. The van der Waals surface area contributed by atoms with Gasteiger partial charge in [0.2, 0.25) is 10.0 Å². The summed E-state index contributed by atoms with van der Waals surface area (Å²) in [5.74, 6) is 0.123. The van der Waals surface area contributed by atoms with Gasteiger partial charge in [0.1, 0.15) is 0 Å². The van der Waals surface area contributed by atoms with E-state index in [9.17, 15) is 8.42 Å². The Morgan fingerprint density at radius 2 is 2.05 bits per heavy atom. The van der Waals surface area contributed by atoms with Crippen LogP contribution in [-0.4, -0.2) is 50.3 Å². The number of nitrogens with zero attached hydrogens (tertiary/aromatic N) is 1. The van der Waals surface area contributed by atoms with E-state index in [0.717, 1.165) is 19.3 Å². The summed E-state index contributed by atoms with van der Waals surface area (Å²) in [6.07, 6.45) is 2.44. The molecule has 2 saturated heterocycles. The zero-order chi connectivity index (χ0) is 13.4. The van der Waals surface area contributed by atoms with Gasteiger partial charge in [-0.2, -0.15) is 0 Å². The van der Waals surface area contributed by atoms with E-state index in [0.29, 0.717) is 19.7 Å². The SMILES string of the molecule is CC1(C)CN(S(=O)(=O)CC2CCCO2)CCC1N.Cl. The van der Waals surface area contributed by atoms with Crippen molar-refractivity contribution >= 4 is 22.4 Å². The van der Waals surface area contributed by atoms with E-state index in [1.165, 1.54) is 0 Å². The lowest BCUT2D eigenvalue weighted by Gasteiger charge is -2.42. The second kappa shape index (κ2) is 6.26. The lowest BCUT2D eigenvalue weighted by atomic mass is 9.81. The molecule has 5 nitrogen and oxygen atoms in total. The summed E-state index contributed by atoms with van der Waals surface area (Å²) < 4.78 is 31.7. The van der Waals surface area contributed by atoms with Gasteiger partial charge >= 0.3 is 0 Å². The largest absolute Gasteiger partial charge is 0.377 e. The predicted molar refractivity (Wildman–Crippen MR) is 78.0 cm³/mol. The van der Waals surface area contributed by atoms with Crippen molar-refractivity contribution in [2.75, 3.05) is 25.4 Å². The molecule has 0 aliphatic carbocycles. The molecule has 2 rings (SSSR count). The molecule has 2 aliphatic rings. The molecule has 0 saturated carbocycles. The third kappa shape index (κ3) is 4.04. The van der Waals surface area contributed by atoms with Crippen molar-refractivity contribution in [1.29, 1.82) is 0 Å². The second-order valence-corrected chi connectivity index (χ2v) is 8.14. The third-order valence-corrected chi connectivity index (χ3v) is 5.98. The molecule has 114 valence electrons. The van der Waals surface area contributed by atoms with Crippen molar-refractivity contribution in [1.82, 2.24) is 4.31 Å². The lowest BCUT2D eigenvalue weighted by molar-refractivity contribution is 0.122. The molecule has 19 heavy (non-hydrogen) atoms. The van der Waals surface area contributed by atoms with Crippen molar-refractivity contribution in [3.8, 4) is 0 Å². The number of piperidine rings is 1. The van der Waals surface area contributed by atoms with Crippen molar-refractivity contribution in [2.24, 2.45) is 11.1 Å². The summed E-state index contributed by atoms with van der Waals surface area (Å²) in [7, 11) is -3.21. The van der Waals surface area contributed by atoms with Crippen LogP contribution in [0.15, 0.2) is 0 Å². The van der Waals surface area contributed by atoms with E-state index in [1.54, 1.807) is 4.31 Å². The molecule has 0 radical (unpaired) electrons. The Hall–Kier alpha value is 0.120. The van der Waals surface area contributed by atoms with Crippen LogP contribution in [0.1, 0.15) is 33.1 Å². The first-order valence-corrected chi connectivity index (χ1v) is 8.27. The van der Waals surface area contributed by atoms with Crippen LogP contribution in [0.4, 0.5) is 0 Å². The molecule has 2 heterocycles.